The maximum absolute atomic E-state index is 9.15. The minimum atomic E-state index is -0.370. The Morgan fingerprint density at radius 3 is 2.60 bits per heavy atom. The molecule has 0 aliphatic heterocycles. The summed E-state index contributed by atoms with van der Waals surface area (Å²) in [5.74, 6) is 0. The van der Waals surface area contributed by atoms with Crippen LogP contribution in [0.1, 0.15) is 25.5 Å². The van der Waals surface area contributed by atoms with Crippen molar-refractivity contribution in [1.29, 1.82) is 0 Å². The second kappa shape index (κ2) is 5.71. The van der Waals surface area contributed by atoms with E-state index >= 15 is 0 Å². The zero-order valence-corrected chi connectivity index (χ0v) is 10.3. The van der Waals surface area contributed by atoms with E-state index in [1.807, 2.05) is 13.0 Å². The molecular weight excluding hydrogens is 233 g/mol. The smallest absolute Gasteiger partial charge is 0.0636 e. The third kappa shape index (κ3) is 3.99. The summed E-state index contributed by atoms with van der Waals surface area (Å²) in [4.78, 5) is 0. The Morgan fingerprint density at radius 2 is 2.00 bits per heavy atom. The highest BCUT2D eigenvalue weighted by molar-refractivity contribution is 6.33. The first-order valence-corrected chi connectivity index (χ1v) is 5.62. The van der Waals surface area contributed by atoms with Gasteiger partial charge in [0.1, 0.15) is 0 Å². The monoisotopic (exact) mass is 247 g/mol. The van der Waals surface area contributed by atoms with Gasteiger partial charge in [0.15, 0.2) is 0 Å². The van der Waals surface area contributed by atoms with E-state index in [0.29, 0.717) is 16.6 Å². The lowest BCUT2D eigenvalue weighted by Gasteiger charge is -2.17. The molecule has 0 spiro atoms. The van der Waals surface area contributed by atoms with Crippen LogP contribution in [0.15, 0.2) is 18.2 Å². The lowest BCUT2D eigenvalue weighted by atomic mass is 10.1. The van der Waals surface area contributed by atoms with Gasteiger partial charge in [-0.25, -0.2) is 0 Å². The molecule has 4 heteroatoms. The molecule has 0 unspecified atom stereocenters. The molecule has 2 nitrogen and oxygen atoms in total. The molecule has 0 radical (unpaired) electrons. The Morgan fingerprint density at radius 1 is 1.33 bits per heavy atom. The molecular formula is C11H15Cl2NO. The van der Waals surface area contributed by atoms with Crippen LogP contribution < -0.4 is 5.32 Å². The fourth-order valence-corrected chi connectivity index (χ4v) is 1.77. The zero-order valence-electron chi connectivity index (χ0n) is 8.80. The van der Waals surface area contributed by atoms with Crippen LogP contribution in [0, 0.1) is 0 Å². The van der Waals surface area contributed by atoms with Gasteiger partial charge < -0.3 is 10.4 Å². The normalized spacial score (nSPS) is 15.0. The summed E-state index contributed by atoms with van der Waals surface area (Å²) in [6.45, 7) is 4.25. The van der Waals surface area contributed by atoms with E-state index in [1.165, 1.54) is 0 Å². The summed E-state index contributed by atoms with van der Waals surface area (Å²) in [6.07, 6.45) is -0.370. The summed E-state index contributed by atoms with van der Waals surface area (Å²) < 4.78 is 0. The fourth-order valence-electron chi connectivity index (χ4n) is 1.30. The topological polar surface area (TPSA) is 32.3 Å². The summed E-state index contributed by atoms with van der Waals surface area (Å²) in [6, 6.07) is 5.45. The molecule has 84 valence electrons. The van der Waals surface area contributed by atoms with E-state index in [1.54, 1.807) is 19.1 Å². The molecule has 1 rings (SSSR count). The average Bonchev–Trinajstić information content (AvgIpc) is 2.18. The summed E-state index contributed by atoms with van der Waals surface area (Å²) >= 11 is 11.9. The second-order valence-corrected chi connectivity index (χ2v) is 4.49. The SMILES string of the molecule is C[C@H](O)CN[C@H](C)c1cc(Cl)ccc1Cl. The fraction of sp³-hybridized carbons (Fsp3) is 0.455. The van der Waals surface area contributed by atoms with E-state index in [-0.39, 0.29) is 12.1 Å². The van der Waals surface area contributed by atoms with E-state index in [2.05, 4.69) is 5.32 Å². The van der Waals surface area contributed by atoms with Crippen molar-refractivity contribution >= 4 is 23.2 Å². The minimum Gasteiger partial charge on any atom is -0.392 e. The summed E-state index contributed by atoms with van der Waals surface area (Å²) in [7, 11) is 0. The molecule has 0 aliphatic carbocycles. The van der Waals surface area contributed by atoms with E-state index in [4.69, 9.17) is 28.3 Å². The van der Waals surface area contributed by atoms with Gasteiger partial charge in [0.25, 0.3) is 0 Å². The number of aliphatic hydroxyl groups excluding tert-OH is 1. The lowest BCUT2D eigenvalue weighted by molar-refractivity contribution is 0.187. The van der Waals surface area contributed by atoms with E-state index in [0.717, 1.165) is 5.56 Å². The number of halogens is 2. The Labute approximate surface area is 100 Å². The largest absolute Gasteiger partial charge is 0.392 e. The molecule has 0 heterocycles. The van der Waals surface area contributed by atoms with Crippen LogP contribution in [-0.2, 0) is 0 Å². The lowest BCUT2D eigenvalue weighted by Crippen LogP contribution is -2.27. The number of hydrogen-bond donors (Lipinski definition) is 2. The van der Waals surface area contributed by atoms with Crippen molar-refractivity contribution in [2.45, 2.75) is 26.0 Å². The summed E-state index contributed by atoms with van der Waals surface area (Å²) in [5.41, 5.74) is 0.949. The average molecular weight is 248 g/mol. The molecule has 2 N–H and O–H groups in total. The van der Waals surface area contributed by atoms with Gasteiger partial charge in [-0.1, -0.05) is 23.2 Å². The van der Waals surface area contributed by atoms with Gasteiger partial charge in [-0.3, -0.25) is 0 Å². The minimum absolute atomic E-state index is 0.0748. The predicted molar refractivity (Wildman–Crippen MR) is 64.6 cm³/mol. The van der Waals surface area contributed by atoms with Crippen LogP contribution in [0.3, 0.4) is 0 Å². The third-order valence-corrected chi connectivity index (χ3v) is 2.72. The number of nitrogens with one attached hydrogen (secondary N) is 1. The second-order valence-electron chi connectivity index (χ2n) is 3.64. The maximum Gasteiger partial charge on any atom is 0.0636 e. The van der Waals surface area contributed by atoms with Gasteiger partial charge in [0, 0.05) is 22.6 Å². The first-order chi connectivity index (χ1) is 7.00. The van der Waals surface area contributed by atoms with Crippen molar-refractivity contribution in [1.82, 2.24) is 5.32 Å². The van der Waals surface area contributed by atoms with Gasteiger partial charge in [-0.2, -0.15) is 0 Å². The van der Waals surface area contributed by atoms with Gasteiger partial charge in [-0.15, -0.1) is 0 Å². The number of hydrogen-bond acceptors (Lipinski definition) is 2. The van der Waals surface area contributed by atoms with Gasteiger partial charge in [-0.05, 0) is 37.6 Å². The molecule has 1 aromatic carbocycles. The van der Waals surface area contributed by atoms with Crippen LogP contribution >= 0.6 is 23.2 Å². The van der Waals surface area contributed by atoms with Gasteiger partial charge >= 0.3 is 0 Å². The van der Waals surface area contributed by atoms with Crippen LogP contribution in [-0.4, -0.2) is 17.8 Å². The predicted octanol–water partition coefficient (Wildman–Crippen LogP) is 3.02. The highest BCUT2D eigenvalue weighted by atomic mass is 35.5. The first-order valence-electron chi connectivity index (χ1n) is 4.87. The van der Waals surface area contributed by atoms with Crippen molar-refractivity contribution in [3.8, 4) is 0 Å². The standard InChI is InChI=1S/C11H15Cl2NO/c1-7(15)6-14-8(2)10-5-9(12)3-4-11(10)13/h3-5,7-8,14-15H,6H2,1-2H3/t7-,8+/m0/s1. The molecule has 0 saturated heterocycles. The molecule has 1 aromatic rings. The highest BCUT2D eigenvalue weighted by Crippen LogP contribution is 2.25. The molecule has 0 amide bonds. The number of benzene rings is 1. The van der Waals surface area contributed by atoms with Crippen molar-refractivity contribution in [3.63, 3.8) is 0 Å². The number of rotatable bonds is 4. The van der Waals surface area contributed by atoms with E-state index in [9.17, 15) is 0 Å². The van der Waals surface area contributed by atoms with Crippen molar-refractivity contribution in [2.75, 3.05) is 6.54 Å². The van der Waals surface area contributed by atoms with Crippen molar-refractivity contribution in [3.05, 3.63) is 33.8 Å². The molecule has 0 aliphatic rings. The molecule has 15 heavy (non-hydrogen) atoms. The molecule has 0 bridgehead atoms. The van der Waals surface area contributed by atoms with Crippen LogP contribution in [0.25, 0.3) is 0 Å². The quantitative estimate of drug-likeness (QED) is 0.858. The Balaban J connectivity index is 2.72. The maximum atomic E-state index is 9.15. The van der Waals surface area contributed by atoms with Crippen molar-refractivity contribution < 1.29 is 5.11 Å². The Kier molecular flexibility index (Phi) is 4.87. The van der Waals surface area contributed by atoms with Gasteiger partial charge in [0.05, 0.1) is 6.10 Å². The molecule has 2 atom stereocenters. The number of aliphatic hydroxyl groups is 1. The third-order valence-electron chi connectivity index (χ3n) is 2.14. The Hall–Kier alpha value is -0.280. The first kappa shape index (κ1) is 12.8. The molecule has 0 fully saturated rings. The molecule has 0 saturated carbocycles. The van der Waals surface area contributed by atoms with Crippen LogP contribution in [0.5, 0.6) is 0 Å². The van der Waals surface area contributed by atoms with E-state index < -0.39 is 0 Å². The van der Waals surface area contributed by atoms with Crippen LogP contribution in [0.2, 0.25) is 10.0 Å². The highest BCUT2D eigenvalue weighted by Gasteiger charge is 2.10. The van der Waals surface area contributed by atoms with Crippen molar-refractivity contribution in [2.24, 2.45) is 0 Å². The summed E-state index contributed by atoms with van der Waals surface area (Å²) in [5, 5.41) is 13.7. The zero-order chi connectivity index (χ0) is 11.4. The Bertz CT molecular complexity index is 328. The van der Waals surface area contributed by atoms with Crippen LogP contribution in [0.4, 0.5) is 0 Å². The van der Waals surface area contributed by atoms with Gasteiger partial charge in [0.2, 0.25) is 0 Å². The molecule has 0 aromatic heterocycles.